The summed E-state index contributed by atoms with van der Waals surface area (Å²) < 4.78 is 1.82. The van der Waals surface area contributed by atoms with Gasteiger partial charge in [-0.15, -0.1) is 0 Å². The van der Waals surface area contributed by atoms with Gasteiger partial charge in [-0.05, 0) is 13.0 Å². The molecule has 1 heterocycles. The quantitative estimate of drug-likeness (QED) is 0.779. The van der Waals surface area contributed by atoms with E-state index >= 15 is 0 Å². The molecule has 0 saturated heterocycles. The summed E-state index contributed by atoms with van der Waals surface area (Å²) in [4.78, 5) is 12.2. The van der Waals surface area contributed by atoms with E-state index in [0.29, 0.717) is 16.9 Å². The minimum atomic E-state index is -0.0336. The third-order valence-electron chi connectivity index (χ3n) is 2.75. The summed E-state index contributed by atoms with van der Waals surface area (Å²) in [6.45, 7) is 1.93. The van der Waals surface area contributed by atoms with Crippen LogP contribution in [0.3, 0.4) is 0 Å². The van der Waals surface area contributed by atoms with E-state index in [1.165, 1.54) is 0 Å². The van der Waals surface area contributed by atoms with Gasteiger partial charge in [-0.2, -0.15) is 0 Å². The zero-order valence-corrected chi connectivity index (χ0v) is 9.40. The van der Waals surface area contributed by atoms with Crippen LogP contribution in [0, 0.1) is 6.92 Å². The number of hydrogen-bond donors (Lipinski definition) is 1. The van der Waals surface area contributed by atoms with Crippen LogP contribution >= 0.6 is 0 Å². The summed E-state index contributed by atoms with van der Waals surface area (Å²) in [5.41, 5.74) is 8.58. The topological polar surface area (TPSA) is 48.0 Å². The number of nitrogen functional groups attached to an aromatic ring is 1. The van der Waals surface area contributed by atoms with Gasteiger partial charge >= 0.3 is 0 Å². The van der Waals surface area contributed by atoms with Crippen molar-refractivity contribution in [3.8, 4) is 0 Å². The highest BCUT2D eigenvalue weighted by atomic mass is 16.1. The first-order valence-electron chi connectivity index (χ1n) is 5.13. The maximum absolute atomic E-state index is 12.2. The molecule has 0 radical (unpaired) electrons. The average molecular weight is 214 g/mol. The maximum Gasteiger partial charge on any atom is 0.211 e. The molecule has 0 aliphatic carbocycles. The molecule has 1 aromatic heterocycles. The van der Waals surface area contributed by atoms with Crippen LogP contribution in [0.1, 0.15) is 21.7 Å². The van der Waals surface area contributed by atoms with Crippen molar-refractivity contribution in [1.29, 1.82) is 0 Å². The third-order valence-corrected chi connectivity index (χ3v) is 2.75. The molecular formula is C13H14N2O. The molecule has 0 aliphatic rings. The molecule has 0 unspecified atom stereocenters. The summed E-state index contributed by atoms with van der Waals surface area (Å²) in [5.74, 6) is -0.0336. The molecule has 1 aromatic carbocycles. The Morgan fingerprint density at radius 3 is 2.38 bits per heavy atom. The summed E-state index contributed by atoms with van der Waals surface area (Å²) in [6.07, 6.45) is 0. The van der Waals surface area contributed by atoms with Crippen LogP contribution < -0.4 is 5.73 Å². The van der Waals surface area contributed by atoms with Crippen molar-refractivity contribution in [1.82, 2.24) is 4.57 Å². The standard InChI is InChI=1S/C13H14N2O/c1-9-8-11(14)12(15(9)2)13(16)10-6-4-3-5-7-10/h3-8H,14H2,1-2H3. The van der Waals surface area contributed by atoms with E-state index in [-0.39, 0.29) is 5.78 Å². The number of nitrogens with two attached hydrogens (primary N) is 1. The van der Waals surface area contributed by atoms with Gasteiger partial charge in [0.1, 0.15) is 5.69 Å². The summed E-state index contributed by atoms with van der Waals surface area (Å²) >= 11 is 0. The van der Waals surface area contributed by atoms with Crippen LogP contribution in [-0.2, 0) is 7.05 Å². The van der Waals surface area contributed by atoms with Crippen molar-refractivity contribution in [3.05, 3.63) is 53.3 Å². The van der Waals surface area contributed by atoms with Crippen LogP contribution in [0.2, 0.25) is 0 Å². The van der Waals surface area contributed by atoms with E-state index in [0.717, 1.165) is 5.69 Å². The van der Waals surface area contributed by atoms with Crippen LogP contribution in [0.15, 0.2) is 36.4 Å². The van der Waals surface area contributed by atoms with Gasteiger partial charge in [0.05, 0.1) is 5.69 Å². The third kappa shape index (κ3) is 1.60. The predicted molar refractivity (Wildman–Crippen MR) is 64.4 cm³/mol. The fourth-order valence-electron chi connectivity index (χ4n) is 1.77. The molecule has 0 aliphatic heterocycles. The monoisotopic (exact) mass is 214 g/mol. The fraction of sp³-hybridized carbons (Fsp3) is 0.154. The normalized spacial score (nSPS) is 10.4. The van der Waals surface area contributed by atoms with E-state index in [2.05, 4.69) is 0 Å². The molecule has 2 N–H and O–H groups in total. The van der Waals surface area contributed by atoms with Gasteiger partial charge in [-0.1, -0.05) is 30.3 Å². The Balaban J connectivity index is 2.50. The largest absolute Gasteiger partial charge is 0.397 e. The van der Waals surface area contributed by atoms with Gasteiger partial charge in [0, 0.05) is 18.3 Å². The van der Waals surface area contributed by atoms with E-state index in [1.54, 1.807) is 12.1 Å². The molecule has 0 saturated carbocycles. The van der Waals surface area contributed by atoms with E-state index < -0.39 is 0 Å². The number of carbonyl (C=O) groups is 1. The lowest BCUT2D eigenvalue weighted by Crippen LogP contribution is -2.10. The Kier molecular flexibility index (Phi) is 2.52. The number of carbonyl (C=O) groups excluding carboxylic acids is 1. The summed E-state index contributed by atoms with van der Waals surface area (Å²) in [6, 6.07) is 11.0. The van der Waals surface area contributed by atoms with Crippen molar-refractivity contribution in [2.45, 2.75) is 6.92 Å². The Bertz CT molecular complexity index is 526. The zero-order valence-electron chi connectivity index (χ0n) is 9.40. The molecule has 0 fully saturated rings. The smallest absolute Gasteiger partial charge is 0.211 e. The van der Waals surface area contributed by atoms with Gasteiger partial charge in [0.25, 0.3) is 0 Å². The molecule has 0 spiro atoms. The van der Waals surface area contributed by atoms with Crippen LogP contribution in [-0.4, -0.2) is 10.4 Å². The lowest BCUT2D eigenvalue weighted by molar-refractivity contribution is 0.103. The minimum Gasteiger partial charge on any atom is -0.397 e. The fourth-order valence-corrected chi connectivity index (χ4v) is 1.77. The zero-order chi connectivity index (χ0) is 11.7. The SMILES string of the molecule is Cc1cc(N)c(C(=O)c2ccccc2)n1C. The number of hydrogen-bond acceptors (Lipinski definition) is 2. The second-order valence-corrected chi connectivity index (χ2v) is 3.84. The molecule has 82 valence electrons. The number of aryl methyl sites for hydroxylation is 1. The van der Waals surface area contributed by atoms with Gasteiger partial charge in [-0.3, -0.25) is 4.79 Å². The number of aromatic nitrogens is 1. The van der Waals surface area contributed by atoms with Gasteiger partial charge < -0.3 is 10.3 Å². The molecule has 16 heavy (non-hydrogen) atoms. The van der Waals surface area contributed by atoms with E-state index in [1.807, 2.05) is 42.8 Å². The van der Waals surface area contributed by atoms with Crippen molar-refractivity contribution in [2.24, 2.45) is 7.05 Å². The highest BCUT2D eigenvalue weighted by Gasteiger charge is 2.17. The maximum atomic E-state index is 12.2. The number of rotatable bonds is 2. The van der Waals surface area contributed by atoms with Crippen molar-refractivity contribution < 1.29 is 4.79 Å². The molecular weight excluding hydrogens is 200 g/mol. The highest BCUT2D eigenvalue weighted by molar-refractivity contribution is 6.11. The number of anilines is 1. The Labute approximate surface area is 94.5 Å². The second-order valence-electron chi connectivity index (χ2n) is 3.84. The lowest BCUT2D eigenvalue weighted by atomic mass is 10.1. The second kappa shape index (κ2) is 3.85. The van der Waals surface area contributed by atoms with E-state index in [9.17, 15) is 4.79 Å². The Morgan fingerprint density at radius 1 is 1.25 bits per heavy atom. The van der Waals surface area contributed by atoms with Crippen molar-refractivity contribution >= 4 is 11.5 Å². The molecule has 3 nitrogen and oxygen atoms in total. The Morgan fingerprint density at radius 2 is 1.88 bits per heavy atom. The summed E-state index contributed by atoms with van der Waals surface area (Å²) in [5, 5.41) is 0. The van der Waals surface area contributed by atoms with Gasteiger partial charge in [0.2, 0.25) is 5.78 Å². The van der Waals surface area contributed by atoms with Gasteiger partial charge in [0.15, 0.2) is 0 Å². The number of nitrogens with zero attached hydrogens (tertiary/aromatic N) is 1. The first kappa shape index (κ1) is 10.5. The predicted octanol–water partition coefficient (Wildman–Crippen LogP) is 2.15. The molecule has 0 amide bonds. The van der Waals surface area contributed by atoms with Crippen LogP contribution in [0.5, 0.6) is 0 Å². The van der Waals surface area contributed by atoms with Crippen molar-refractivity contribution in [3.63, 3.8) is 0 Å². The Hall–Kier alpha value is -2.03. The van der Waals surface area contributed by atoms with Gasteiger partial charge in [-0.25, -0.2) is 0 Å². The molecule has 0 atom stereocenters. The first-order chi connectivity index (χ1) is 7.61. The summed E-state index contributed by atoms with van der Waals surface area (Å²) in [7, 11) is 1.85. The molecule has 3 heteroatoms. The first-order valence-corrected chi connectivity index (χ1v) is 5.13. The number of ketones is 1. The molecule has 0 bridgehead atoms. The van der Waals surface area contributed by atoms with Crippen LogP contribution in [0.25, 0.3) is 0 Å². The minimum absolute atomic E-state index is 0.0336. The highest BCUT2D eigenvalue weighted by Crippen LogP contribution is 2.20. The molecule has 2 rings (SSSR count). The average Bonchev–Trinajstić information content (AvgIpc) is 2.54. The van der Waals surface area contributed by atoms with Crippen LogP contribution in [0.4, 0.5) is 5.69 Å². The molecule has 2 aromatic rings. The lowest BCUT2D eigenvalue weighted by Gasteiger charge is -2.05. The van der Waals surface area contributed by atoms with Crippen molar-refractivity contribution in [2.75, 3.05) is 5.73 Å². The van der Waals surface area contributed by atoms with E-state index in [4.69, 9.17) is 5.73 Å². The number of benzene rings is 1.